The predicted octanol–water partition coefficient (Wildman–Crippen LogP) is 2.84. The van der Waals surface area contributed by atoms with Gasteiger partial charge in [-0.05, 0) is 42.8 Å². The monoisotopic (exact) mass is 354 g/mol. The zero-order valence-electron chi connectivity index (χ0n) is 15.1. The van der Waals surface area contributed by atoms with Gasteiger partial charge in [-0.25, -0.2) is 0 Å². The molecule has 1 aromatic carbocycles. The Morgan fingerprint density at radius 2 is 1.96 bits per heavy atom. The van der Waals surface area contributed by atoms with Crippen molar-refractivity contribution in [3.63, 3.8) is 0 Å². The maximum absolute atomic E-state index is 12.1. The number of carbonyl (C=O) groups is 2. The Labute approximate surface area is 153 Å². The number of carbonyl (C=O) groups excluding carboxylic acids is 2. The van der Waals surface area contributed by atoms with Crippen molar-refractivity contribution < 1.29 is 19.1 Å². The van der Waals surface area contributed by atoms with Crippen LogP contribution >= 0.6 is 0 Å². The molecule has 0 fully saturated rings. The van der Waals surface area contributed by atoms with E-state index < -0.39 is 0 Å². The first kappa shape index (κ1) is 19.2. The molecule has 6 nitrogen and oxygen atoms in total. The van der Waals surface area contributed by atoms with Crippen LogP contribution in [0.25, 0.3) is 6.08 Å². The smallest absolute Gasteiger partial charge is 0.259 e. The Hall–Kier alpha value is -3.15. The summed E-state index contributed by atoms with van der Waals surface area (Å²) >= 11 is 0. The third kappa shape index (κ3) is 5.44. The van der Waals surface area contributed by atoms with Crippen LogP contribution in [-0.4, -0.2) is 48.9 Å². The molecule has 1 amide bonds. The number of benzene rings is 1. The van der Waals surface area contributed by atoms with E-state index in [0.29, 0.717) is 23.7 Å². The van der Waals surface area contributed by atoms with E-state index in [4.69, 9.17) is 9.47 Å². The molecule has 6 heteroatoms. The minimum atomic E-state index is -0.140. The second-order valence-corrected chi connectivity index (χ2v) is 5.66. The first-order valence-corrected chi connectivity index (χ1v) is 8.23. The number of allylic oxidation sites excluding steroid dienone is 1. The molecule has 0 radical (unpaired) electrons. The summed E-state index contributed by atoms with van der Waals surface area (Å²) < 4.78 is 11.1. The second kappa shape index (κ2) is 9.36. The second-order valence-electron chi connectivity index (χ2n) is 5.66. The maximum atomic E-state index is 12.1. The van der Waals surface area contributed by atoms with Crippen molar-refractivity contribution in [2.45, 2.75) is 6.92 Å². The number of pyridine rings is 1. The number of hydrogen-bond donors (Lipinski definition) is 0. The van der Waals surface area contributed by atoms with Gasteiger partial charge in [-0.1, -0.05) is 12.1 Å². The average molecular weight is 354 g/mol. The van der Waals surface area contributed by atoms with Crippen LogP contribution in [0.2, 0.25) is 0 Å². The molecular weight excluding hydrogens is 332 g/mol. The van der Waals surface area contributed by atoms with E-state index in [-0.39, 0.29) is 18.3 Å². The molecule has 0 aliphatic carbocycles. The highest BCUT2D eigenvalue weighted by Gasteiger charge is 2.10. The van der Waals surface area contributed by atoms with Crippen molar-refractivity contribution in [1.82, 2.24) is 9.88 Å². The SMILES string of the molecule is CCOc1cc(/C=C/C(=O)c2cccnc2)ccc1OCC(=O)N(C)C. The summed E-state index contributed by atoms with van der Waals surface area (Å²) in [5.41, 5.74) is 1.31. The molecule has 0 saturated heterocycles. The van der Waals surface area contributed by atoms with Gasteiger partial charge in [-0.2, -0.15) is 0 Å². The number of amides is 1. The van der Waals surface area contributed by atoms with E-state index in [1.165, 1.54) is 17.2 Å². The van der Waals surface area contributed by atoms with Gasteiger partial charge in [0.15, 0.2) is 23.9 Å². The zero-order valence-corrected chi connectivity index (χ0v) is 15.1. The molecule has 1 aromatic heterocycles. The van der Waals surface area contributed by atoms with Crippen LogP contribution in [0.4, 0.5) is 0 Å². The molecule has 1 heterocycles. The number of hydrogen-bond acceptors (Lipinski definition) is 5. The van der Waals surface area contributed by atoms with Gasteiger partial charge in [-0.15, -0.1) is 0 Å². The Bertz CT molecular complexity index is 786. The first-order chi connectivity index (χ1) is 12.5. The minimum Gasteiger partial charge on any atom is -0.490 e. The summed E-state index contributed by atoms with van der Waals surface area (Å²) in [6.45, 7) is 2.25. The van der Waals surface area contributed by atoms with Crippen LogP contribution in [0.3, 0.4) is 0 Å². The molecule has 0 unspecified atom stereocenters. The Morgan fingerprint density at radius 3 is 2.62 bits per heavy atom. The van der Waals surface area contributed by atoms with E-state index in [9.17, 15) is 9.59 Å². The van der Waals surface area contributed by atoms with Gasteiger partial charge < -0.3 is 14.4 Å². The van der Waals surface area contributed by atoms with Crippen molar-refractivity contribution in [2.24, 2.45) is 0 Å². The van der Waals surface area contributed by atoms with Crippen LogP contribution in [0.5, 0.6) is 11.5 Å². The quantitative estimate of drug-likeness (QED) is 0.539. The Kier molecular flexibility index (Phi) is 6.91. The minimum absolute atomic E-state index is 0.0677. The van der Waals surface area contributed by atoms with Gasteiger partial charge in [0.05, 0.1) is 6.61 Å². The Balaban J connectivity index is 2.12. The normalized spacial score (nSPS) is 10.6. The molecule has 136 valence electrons. The van der Waals surface area contributed by atoms with Crippen molar-refractivity contribution in [2.75, 3.05) is 27.3 Å². The number of aromatic nitrogens is 1. The fourth-order valence-electron chi connectivity index (χ4n) is 2.06. The summed E-state index contributed by atoms with van der Waals surface area (Å²) in [7, 11) is 3.34. The lowest BCUT2D eigenvalue weighted by atomic mass is 10.1. The van der Waals surface area contributed by atoms with Crippen molar-refractivity contribution in [3.05, 3.63) is 59.9 Å². The molecule has 0 N–H and O–H groups in total. The molecule has 26 heavy (non-hydrogen) atoms. The zero-order chi connectivity index (χ0) is 18.9. The maximum Gasteiger partial charge on any atom is 0.259 e. The first-order valence-electron chi connectivity index (χ1n) is 8.23. The predicted molar refractivity (Wildman–Crippen MR) is 99.4 cm³/mol. The number of ether oxygens (including phenoxy) is 2. The molecule has 0 aliphatic rings. The van der Waals surface area contributed by atoms with Crippen LogP contribution < -0.4 is 9.47 Å². The molecule has 0 bridgehead atoms. The third-order valence-corrected chi connectivity index (χ3v) is 3.49. The largest absolute Gasteiger partial charge is 0.490 e. The van der Waals surface area contributed by atoms with E-state index >= 15 is 0 Å². The fraction of sp³-hybridized carbons (Fsp3) is 0.250. The molecule has 2 rings (SSSR count). The summed E-state index contributed by atoms with van der Waals surface area (Å²) in [6.07, 6.45) is 6.33. The average Bonchev–Trinajstić information content (AvgIpc) is 2.65. The van der Waals surface area contributed by atoms with Gasteiger partial charge in [0, 0.05) is 32.1 Å². The van der Waals surface area contributed by atoms with Gasteiger partial charge >= 0.3 is 0 Å². The topological polar surface area (TPSA) is 68.7 Å². The Morgan fingerprint density at radius 1 is 1.15 bits per heavy atom. The van der Waals surface area contributed by atoms with Crippen molar-refractivity contribution >= 4 is 17.8 Å². The van der Waals surface area contributed by atoms with Gasteiger partial charge in [0.2, 0.25) is 0 Å². The number of rotatable bonds is 8. The number of nitrogens with zero attached hydrogens (tertiary/aromatic N) is 2. The van der Waals surface area contributed by atoms with Crippen molar-refractivity contribution in [3.8, 4) is 11.5 Å². The van der Waals surface area contributed by atoms with Gasteiger partial charge in [0.1, 0.15) is 0 Å². The van der Waals surface area contributed by atoms with Crippen molar-refractivity contribution in [1.29, 1.82) is 0 Å². The molecule has 0 saturated carbocycles. The van der Waals surface area contributed by atoms with Gasteiger partial charge in [0.25, 0.3) is 5.91 Å². The number of ketones is 1. The van der Waals surface area contributed by atoms with E-state index in [2.05, 4.69) is 4.98 Å². The molecular formula is C20H22N2O4. The summed E-state index contributed by atoms with van der Waals surface area (Å²) in [5, 5.41) is 0. The van der Waals surface area contributed by atoms with Crippen LogP contribution in [0.1, 0.15) is 22.8 Å². The molecule has 0 atom stereocenters. The highest BCUT2D eigenvalue weighted by molar-refractivity contribution is 6.06. The lowest BCUT2D eigenvalue weighted by molar-refractivity contribution is -0.130. The van der Waals surface area contributed by atoms with E-state index in [0.717, 1.165) is 5.56 Å². The third-order valence-electron chi connectivity index (χ3n) is 3.49. The molecule has 2 aromatic rings. The van der Waals surface area contributed by atoms with E-state index in [1.54, 1.807) is 56.7 Å². The van der Waals surface area contributed by atoms with Gasteiger partial charge in [-0.3, -0.25) is 14.6 Å². The van der Waals surface area contributed by atoms with Crippen LogP contribution in [0.15, 0.2) is 48.8 Å². The van der Waals surface area contributed by atoms with E-state index in [1.807, 2.05) is 6.92 Å². The number of likely N-dealkylation sites (N-methyl/N-ethyl adjacent to an activating group) is 1. The lowest BCUT2D eigenvalue weighted by Crippen LogP contribution is -2.27. The summed E-state index contributed by atoms with van der Waals surface area (Å²) in [5.74, 6) is 0.735. The van der Waals surface area contributed by atoms with Crippen LogP contribution in [0, 0.1) is 0 Å². The summed E-state index contributed by atoms with van der Waals surface area (Å²) in [4.78, 5) is 29.2. The highest BCUT2D eigenvalue weighted by atomic mass is 16.5. The highest BCUT2D eigenvalue weighted by Crippen LogP contribution is 2.29. The van der Waals surface area contributed by atoms with Crippen LogP contribution in [-0.2, 0) is 4.79 Å². The summed E-state index contributed by atoms with van der Waals surface area (Å²) in [6, 6.07) is 8.72. The fourth-order valence-corrected chi connectivity index (χ4v) is 2.06. The molecule has 0 aliphatic heterocycles. The standard InChI is InChI=1S/C20H22N2O4/c1-4-25-19-12-15(7-9-17(23)16-6-5-11-21-13-16)8-10-18(19)26-14-20(24)22(2)3/h5-13H,4,14H2,1-3H3/b9-7+. The lowest BCUT2D eigenvalue weighted by Gasteiger charge is -2.14. The molecule has 0 spiro atoms.